The summed E-state index contributed by atoms with van der Waals surface area (Å²) in [5, 5.41) is 3.67. The maximum Gasteiger partial charge on any atom is 0.309 e. The van der Waals surface area contributed by atoms with E-state index in [2.05, 4.69) is 9.99 Å². The molecule has 4 nitrogen and oxygen atoms in total. The lowest BCUT2D eigenvalue weighted by atomic mass is 10.1. The lowest BCUT2D eigenvalue weighted by Gasteiger charge is -2.07. The van der Waals surface area contributed by atoms with Gasteiger partial charge in [0.2, 0.25) is 0 Å². The Bertz CT molecular complexity index is 385. The second kappa shape index (κ2) is 5.14. The number of rotatable bonds is 2. The minimum absolute atomic E-state index is 0.183. The van der Waals surface area contributed by atoms with E-state index in [-0.39, 0.29) is 5.90 Å². The molecule has 0 spiro atoms. The average Bonchev–Trinajstić information content (AvgIpc) is 2.17. The Morgan fingerprint density at radius 3 is 2.53 bits per heavy atom. The van der Waals surface area contributed by atoms with E-state index in [0.717, 1.165) is 11.1 Å². The Morgan fingerprint density at radius 1 is 1.33 bits per heavy atom. The smallest absolute Gasteiger partial charge is 0.309 e. The van der Waals surface area contributed by atoms with Gasteiger partial charge in [-0.2, -0.15) is 0 Å². The van der Waals surface area contributed by atoms with Gasteiger partial charge in [0.1, 0.15) is 7.11 Å². The van der Waals surface area contributed by atoms with Crippen LogP contribution in [0.4, 0.5) is 0 Å². The summed E-state index contributed by atoms with van der Waals surface area (Å²) in [4.78, 5) is 15.5. The van der Waals surface area contributed by atoms with Crippen LogP contribution in [-0.4, -0.2) is 19.0 Å². The van der Waals surface area contributed by atoms with Gasteiger partial charge in [0.25, 0.3) is 5.90 Å². The number of carbonyl (C=O) groups is 1. The van der Waals surface area contributed by atoms with Crippen LogP contribution in [-0.2, 0) is 14.4 Å². The van der Waals surface area contributed by atoms with E-state index in [4.69, 9.17) is 4.74 Å². The second-order valence-corrected chi connectivity index (χ2v) is 2.99. The molecule has 4 heteroatoms. The van der Waals surface area contributed by atoms with Gasteiger partial charge in [-0.1, -0.05) is 18.2 Å². The van der Waals surface area contributed by atoms with Crippen molar-refractivity contribution in [3.05, 3.63) is 35.4 Å². The first-order valence-corrected chi connectivity index (χ1v) is 4.50. The Labute approximate surface area is 88.5 Å². The fourth-order valence-corrected chi connectivity index (χ4v) is 1.15. The van der Waals surface area contributed by atoms with Crippen LogP contribution in [0, 0.1) is 6.92 Å². The summed E-state index contributed by atoms with van der Waals surface area (Å²) in [7, 11) is 1.40. The van der Waals surface area contributed by atoms with E-state index in [1.807, 2.05) is 31.2 Å². The number of benzene rings is 1. The first-order valence-electron chi connectivity index (χ1n) is 4.50. The fourth-order valence-electron chi connectivity index (χ4n) is 1.15. The summed E-state index contributed by atoms with van der Waals surface area (Å²) in [6, 6.07) is 7.47. The highest BCUT2D eigenvalue weighted by Crippen LogP contribution is 2.09. The largest absolute Gasteiger partial charge is 0.404 e. The Hall–Kier alpha value is -1.84. The molecular weight excluding hydrogens is 194 g/mol. The maximum atomic E-state index is 10.9. The highest BCUT2D eigenvalue weighted by atomic mass is 16.6. The summed E-state index contributed by atoms with van der Waals surface area (Å²) in [5.74, 6) is -0.239. The molecule has 0 N–H and O–H groups in total. The van der Waals surface area contributed by atoms with Crippen molar-refractivity contribution in [1.29, 1.82) is 0 Å². The molecule has 0 heterocycles. The predicted octanol–water partition coefficient (Wildman–Crippen LogP) is 1.87. The highest BCUT2D eigenvalue weighted by molar-refractivity contribution is 6.00. The van der Waals surface area contributed by atoms with Crippen molar-refractivity contribution in [3.8, 4) is 0 Å². The van der Waals surface area contributed by atoms with Gasteiger partial charge in [-0.3, -0.25) is 4.79 Å². The van der Waals surface area contributed by atoms with Crippen molar-refractivity contribution in [3.63, 3.8) is 0 Å². The first-order chi connectivity index (χ1) is 7.15. The molecule has 0 atom stereocenters. The van der Waals surface area contributed by atoms with Gasteiger partial charge < -0.3 is 9.57 Å². The van der Waals surface area contributed by atoms with Crippen LogP contribution in [0.1, 0.15) is 18.1 Å². The van der Waals surface area contributed by atoms with Crippen LogP contribution in [0.25, 0.3) is 0 Å². The van der Waals surface area contributed by atoms with Gasteiger partial charge in [-0.25, -0.2) is 0 Å². The van der Waals surface area contributed by atoms with E-state index in [1.165, 1.54) is 14.0 Å². The van der Waals surface area contributed by atoms with Crippen molar-refractivity contribution >= 4 is 11.9 Å². The van der Waals surface area contributed by atoms with Crippen molar-refractivity contribution in [2.75, 3.05) is 7.11 Å². The third-order valence-corrected chi connectivity index (χ3v) is 1.79. The zero-order valence-electron chi connectivity index (χ0n) is 8.98. The number of hydrogen-bond acceptors (Lipinski definition) is 4. The normalized spacial score (nSPS) is 11.0. The topological polar surface area (TPSA) is 47.9 Å². The van der Waals surface area contributed by atoms with E-state index < -0.39 is 5.97 Å². The number of esters is 1. The molecule has 0 radical (unpaired) electrons. The van der Waals surface area contributed by atoms with E-state index >= 15 is 0 Å². The van der Waals surface area contributed by atoms with Crippen molar-refractivity contribution in [1.82, 2.24) is 0 Å². The SMILES string of the molecule is CON=C(OC(C)=O)c1ccccc1C. The summed E-state index contributed by atoms with van der Waals surface area (Å²) in [6.45, 7) is 3.23. The molecule has 0 aliphatic rings. The molecule has 0 saturated heterocycles. The first kappa shape index (κ1) is 11.2. The molecule has 0 amide bonds. The van der Waals surface area contributed by atoms with E-state index in [1.54, 1.807) is 0 Å². The van der Waals surface area contributed by atoms with Crippen molar-refractivity contribution in [2.24, 2.45) is 5.16 Å². The number of oxime groups is 1. The Balaban J connectivity index is 3.05. The van der Waals surface area contributed by atoms with Crippen molar-refractivity contribution < 1.29 is 14.4 Å². The summed E-state index contributed by atoms with van der Waals surface area (Å²) < 4.78 is 4.94. The molecule has 0 unspecified atom stereocenters. The number of aryl methyl sites for hydroxylation is 1. The van der Waals surface area contributed by atoms with Crippen LogP contribution in [0.15, 0.2) is 29.4 Å². The molecule has 0 saturated carbocycles. The summed E-state index contributed by atoms with van der Waals surface area (Å²) in [6.07, 6.45) is 0. The Kier molecular flexibility index (Phi) is 3.85. The molecule has 1 aromatic rings. The van der Waals surface area contributed by atoms with Gasteiger partial charge in [-0.05, 0) is 23.7 Å². The number of nitrogens with zero attached hydrogens (tertiary/aromatic N) is 1. The second-order valence-electron chi connectivity index (χ2n) is 2.99. The standard InChI is InChI=1S/C11H13NO3/c1-8-6-4-5-7-10(8)11(12-14-3)15-9(2)13/h4-7H,1-3H3. The van der Waals surface area contributed by atoms with Gasteiger partial charge in [0.05, 0.1) is 0 Å². The van der Waals surface area contributed by atoms with Gasteiger partial charge >= 0.3 is 5.97 Å². The molecule has 80 valence electrons. The van der Waals surface area contributed by atoms with E-state index in [0.29, 0.717) is 0 Å². The van der Waals surface area contributed by atoms with Crippen LogP contribution in [0.5, 0.6) is 0 Å². The molecule has 1 aromatic carbocycles. The minimum atomic E-state index is -0.422. The lowest BCUT2D eigenvalue weighted by Crippen LogP contribution is -2.12. The van der Waals surface area contributed by atoms with Crippen LogP contribution < -0.4 is 0 Å². The number of hydrogen-bond donors (Lipinski definition) is 0. The zero-order valence-corrected chi connectivity index (χ0v) is 8.98. The monoisotopic (exact) mass is 207 g/mol. The number of carbonyl (C=O) groups excluding carboxylic acids is 1. The van der Waals surface area contributed by atoms with Crippen LogP contribution in [0.3, 0.4) is 0 Å². The molecular formula is C11H13NO3. The molecule has 15 heavy (non-hydrogen) atoms. The zero-order chi connectivity index (χ0) is 11.3. The van der Waals surface area contributed by atoms with Crippen molar-refractivity contribution in [2.45, 2.75) is 13.8 Å². The molecule has 0 aromatic heterocycles. The maximum absolute atomic E-state index is 10.9. The van der Waals surface area contributed by atoms with Gasteiger partial charge in [0.15, 0.2) is 0 Å². The Morgan fingerprint density at radius 2 is 2.00 bits per heavy atom. The predicted molar refractivity (Wildman–Crippen MR) is 56.5 cm³/mol. The van der Waals surface area contributed by atoms with E-state index in [9.17, 15) is 4.79 Å². The molecule has 1 rings (SSSR count). The summed E-state index contributed by atoms with van der Waals surface area (Å²) >= 11 is 0. The van der Waals surface area contributed by atoms with Crippen LogP contribution >= 0.6 is 0 Å². The molecule has 0 aliphatic carbocycles. The highest BCUT2D eigenvalue weighted by Gasteiger charge is 2.10. The lowest BCUT2D eigenvalue weighted by molar-refractivity contribution is -0.133. The quantitative estimate of drug-likeness (QED) is 0.322. The van der Waals surface area contributed by atoms with Crippen LogP contribution in [0.2, 0.25) is 0 Å². The average molecular weight is 207 g/mol. The fraction of sp³-hybridized carbons (Fsp3) is 0.273. The van der Waals surface area contributed by atoms with Gasteiger partial charge in [-0.15, -0.1) is 0 Å². The molecule has 0 aliphatic heterocycles. The summed E-state index contributed by atoms with van der Waals surface area (Å²) in [5.41, 5.74) is 1.71. The third kappa shape index (κ3) is 3.09. The number of ether oxygens (including phenoxy) is 1. The molecule has 0 bridgehead atoms. The molecule has 0 fully saturated rings. The third-order valence-electron chi connectivity index (χ3n) is 1.79. The van der Waals surface area contributed by atoms with Gasteiger partial charge in [0, 0.05) is 12.5 Å². The minimum Gasteiger partial charge on any atom is -0.404 e.